The Balaban J connectivity index is 2.55. The van der Waals surface area contributed by atoms with Gasteiger partial charge in [0.05, 0.1) is 5.92 Å². The molecule has 122 valence electrons. The highest BCUT2D eigenvalue weighted by atomic mass is 16.3. The zero-order chi connectivity index (χ0) is 15.8. The van der Waals surface area contributed by atoms with E-state index in [-0.39, 0.29) is 36.3 Å². The Bertz CT molecular complexity index is 346. The van der Waals surface area contributed by atoms with Crippen molar-refractivity contribution in [3.8, 4) is 0 Å². The van der Waals surface area contributed by atoms with Crippen LogP contribution in [0.15, 0.2) is 0 Å². The smallest absolute Gasteiger partial charge is 0.225 e. The lowest BCUT2D eigenvalue weighted by atomic mass is 9.95. The largest absolute Gasteiger partial charge is 0.396 e. The molecule has 0 aromatic carbocycles. The standard InChI is InChI=1S/C16H30N2O3/c1-4-12(3)16(21)18-9-6-7-13(11-18)15(20)17-14(5-2)8-10-19/h12-14,19H,4-11H2,1-3H3,(H,17,20). The number of nitrogens with zero attached hydrogens (tertiary/aromatic N) is 1. The van der Waals surface area contributed by atoms with Crippen LogP contribution in [-0.4, -0.2) is 47.6 Å². The molecular weight excluding hydrogens is 268 g/mol. The van der Waals surface area contributed by atoms with Crippen LogP contribution in [0.5, 0.6) is 0 Å². The maximum absolute atomic E-state index is 12.3. The predicted octanol–water partition coefficient (Wildman–Crippen LogP) is 1.55. The molecule has 1 heterocycles. The molecule has 21 heavy (non-hydrogen) atoms. The Kier molecular flexibility index (Phi) is 7.72. The highest BCUT2D eigenvalue weighted by molar-refractivity contribution is 5.82. The van der Waals surface area contributed by atoms with Gasteiger partial charge < -0.3 is 15.3 Å². The number of hydrogen-bond donors (Lipinski definition) is 2. The van der Waals surface area contributed by atoms with Gasteiger partial charge in [0.25, 0.3) is 0 Å². The number of likely N-dealkylation sites (tertiary alicyclic amines) is 1. The van der Waals surface area contributed by atoms with Crippen molar-refractivity contribution in [1.82, 2.24) is 10.2 Å². The van der Waals surface area contributed by atoms with Crippen molar-refractivity contribution in [2.45, 2.75) is 58.9 Å². The molecule has 1 aliphatic heterocycles. The summed E-state index contributed by atoms with van der Waals surface area (Å²) in [6, 6.07) is 0.0307. The molecule has 0 aromatic rings. The van der Waals surface area contributed by atoms with Crippen LogP contribution in [0.4, 0.5) is 0 Å². The van der Waals surface area contributed by atoms with Crippen LogP contribution >= 0.6 is 0 Å². The molecule has 0 saturated carbocycles. The van der Waals surface area contributed by atoms with Gasteiger partial charge in [-0.25, -0.2) is 0 Å². The molecule has 1 saturated heterocycles. The summed E-state index contributed by atoms with van der Waals surface area (Å²) in [7, 11) is 0. The second kappa shape index (κ2) is 9.03. The fourth-order valence-corrected chi connectivity index (χ4v) is 2.73. The molecule has 3 unspecified atom stereocenters. The summed E-state index contributed by atoms with van der Waals surface area (Å²) < 4.78 is 0. The number of piperidine rings is 1. The maximum atomic E-state index is 12.3. The van der Waals surface area contributed by atoms with Crippen LogP contribution in [0.1, 0.15) is 52.9 Å². The van der Waals surface area contributed by atoms with Gasteiger partial charge in [-0.3, -0.25) is 9.59 Å². The minimum atomic E-state index is -0.112. The highest BCUT2D eigenvalue weighted by Gasteiger charge is 2.30. The first kappa shape index (κ1) is 18.0. The van der Waals surface area contributed by atoms with Crippen LogP contribution in [0, 0.1) is 11.8 Å². The van der Waals surface area contributed by atoms with Crippen LogP contribution < -0.4 is 5.32 Å². The first-order chi connectivity index (χ1) is 10.0. The van der Waals surface area contributed by atoms with Crippen molar-refractivity contribution in [1.29, 1.82) is 0 Å². The van der Waals surface area contributed by atoms with Crippen molar-refractivity contribution in [2.24, 2.45) is 11.8 Å². The van der Waals surface area contributed by atoms with Gasteiger partial charge in [-0.15, -0.1) is 0 Å². The van der Waals surface area contributed by atoms with Gasteiger partial charge in [0, 0.05) is 31.7 Å². The van der Waals surface area contributed by atoms with Gasteiger partial charge in [0.2, 0.25) is 11.8 Å². The van der Waals surface area contributed by atoms with Gasteiger partial charge in [0.15, 0.2) is 0 Å². The van der Waals surface area contributed by atoms with Crippen molar-refractivity contribution < 1.29 is 14.7 Å². The van der Waals surface area contributed by atoms with E-state index in [1.54, 1.807) is 0 Å². The number of aliphatic hydroxyl groups is 1. The average Bonchev–Trinajstić information content (AvgIpc) is 2.52. The summed E-state index contributed by atoms with van der Waals surface area (Å²) in [6.07, 6.45) is 3.96. The minimum absolute atomic E-state index is 0.0250. The van der Waals surface area contributed by atoms with Crippen molar-refractivity contribution in [3.63, 3.8) is 0 Å². The number of carbonyl (C=O) groups is 2. The van der Waals surface area contributed by atoms with Crippen LogP contribution in [-0.2, 0) is 9.59 Å². The molecule has 2 N–H and O–H groups in total. The first-order valence-electron chi connectivity index (χ1n) is 8.23. The SMILES string of the molecule is CCC(CCO)NC(=O)C1CCCN(C(=O)C(C)CC)C1. The Morgan fingerprint density at radius 3 is 2.62 bits per heavy atom. The monoisotopic (exact) mass is 298 g/mol. The van der Waals surface area contributed by atoms with Crippen LogP contribution in [0.25, 0.3) is 0 Å². The molecule has 0 spiro atoms. The Hall–Kier alpha value is -1.10. The third-order valence-corrected chi connectivity index (χ3v) is 4.45. The number of nitrogens with one attached hydrogen (secondary N) is 1. The summed E-state index contributed by atoms with van der Waals surface area (Å²) in [5.74, 6) is 0.110. The molecule has 1 aliphatic rings. The maximum Gasteiger partial charge on any atom is 0.225 e. The van der Waals surface area contributed by atoms with Crippen LogP contribution in [0.2, 0.25) is 0 Å². The van der Waals surface area contributed by atoms with E-state index in [1.807, 2.05) is 25.7 Å². The van der Waals surface area contributed by atoms with Crippen molar-refractivity contribution in [3.05, 3.63) is 0 Å². The fraction of sp³-hybridized carbons (Fsp3) is 0.875. The molecule has 1 rings (SSSR count). The zero-order valence-corrected chi connectivity index (χ0v) is 13.6. The normalized spacial score (nSPS) is 21.7. The Morgan fingerprint density at radius 1 is 1.33 bits per heavy atom. The average molecular weight is 298 g/mol. The molecule has 1 fully saturated rings. The van der Waals surface area contributed by atoms with Gasteiger partial charge in [-0.1, -0.05) is 20.8 Å². The lowest BCUT2D eigenvalue weighted by Gasteiger charge is -2.34. The number of amides is 2. The number of carbonyl (C=O) groups excluding carboxylic acids is 2. The second-order valence-electron chi connectivity index (χ2n) is 6.06. The molecule has 3 atom stereocenters. The minimum Gasteiger partial charge on any atom is -0.396 e. The number of hydrogen-bond acceptors (Lipinski definition) is 3. The molecular formula is C16H30N2O3. The van der Waals surface area contributed by atoms with Crippen LogP contribution in [0.3, 0.4) is 0 Å². The molecule has 0 radical (unpaired) electrons. The molecule has 0 aliphatic carbocycles. The van der Waals surface area contributed by atoms with Crippen molar-refractivity contribution in [2.75, 3.05) is 19.7 Å². The number of aliphatic hydroxyl groups excluding tert-OH is 1. The van der Waals surface area contributed by atoms with Crippen molar-refractivity contribution >= 4 is 11.8 Å². The van der Waals surface area contributed by atoms with E-state index in [4.69, 9.17) is 5.11 Å². The summed E-state index contributed by atoms with van der Waals surface area (Å²) >= 11 is 0. The van der Waals surface area contributed by atoms with Gasteiger partial charge in [-0.2, -0.15) is 0 Å². The van der Waals surface area contributed by atoms with Gasteiger partial charge in [-0.05, 0) is 32.1 Å². The Labute approximate surface area is 128 Å². The number of rotatable bonds is 7. The zero-order valence-electron chi connectivity index (χ0n) is 13.6. The molecule has 0 aromatic heterocycles. The van der Waals surface area contributed by atoms with E-state index < -0.39 is 0 Å². The molecule has 0 bridgehead atoms. The van der Waals surface area contributed by atoms with E-state index in [2.05, 4.69) is 5.32 Å². The second-order valence-corrected chi connectivity index (χ2v) is 6.06. The molecule has 5 nitrogen and oxygen atoms in total. The third-order valence-electron chi connectivity index (χ3n) is 4.45. The summed E-state index contributed by atoms with van der Waals surface area (Å²) in [5, 5.41) is 12.0. The van der Waals surface area contributed by atoms with Gasteiger partial charge >= 0.3 is 0 Å². The summed E-state index contributed by atoms with van der Waals surface area (Å²) in [5.41, 5.74) is 0. The molecule has 5 heteroatoms. The highest BCUT2D eigenvalue weighted by Crippen LogP contribution is 2.20. The van der Waals surface area contributed by atoms with E-state index in [9.17, 15) is 9.59 Å². The summed E-state index contributed by atoms with van der Waals surface area (Å²) in [6.45, 7) is 7.34. The predicted molar refractivity (Wildman–Crippen MR) is 82.7 cm³/mol. The van der Waals surface area contributed by atoms with E-state index >= 15 is 0 Å². The van der Waals surface area contributed by atoms with E-state index in [0.29, 0.717) is 13.0 Å². The summed E-state index contributed by atoms with van der Waals surface area (Å²) in [4.78, 5) is 26.4. The van der Waals surface area contributed by atoms with Gasteiger partial charge in [0.1, 0.15) is 0 Å². The van der Waals surface area contributed by atoms with E-state index in [1.165, 1.54) is 0 Å². The lowest BCUT2D eigenvalue weighted by Crippen LogP contribution is -2.48. The topological polar surface area (TPSA) is 69.6 Å². The quantitative estimate of drug-likeness (QED) is 0.749. The van der Waals surface area contributed by atoms with E-state index in [0.717, 1.165) is 32.2 Å². The lowest BCUT2D eigenvalue weighted by molar-refractivity contribution is -0.139. The first-order valence-corrected chi connectivity index (χ1v) is 8.23. The Morgan fingerprint density at radius 2 is 2.05 bits per heavy atom. The molecule has 2 amide bonds. The third kappa shape index (κ3) is 5.30. The fourth-order valence-electron chi connectivity index (χ4n) is 2.73.